The largest absolute Gasteiger partial charge is 0.354 e. The van der Waals surface area contributed by atoms with Crippen LogP contribution >= 0.6 is 0 Å². The van der Waals surface area contributed by atoms with Gasteiger partial charge in [-0.1, -0.05) is 103 Å². The Labute approximate surface area is 191 Å². The molecule has 0 aliphatic rings. The highest BCUT2D eigenvalue weighted by molar-refractivity contribution is 6.18. The summed E-state index contributed by atoms with van der Waals surface area (Å²) >= 11 is 0. The topological polar surface area (TPSA) is 15.8 Å². The van der Waals surface area contributed by atoms with Crippen molar-refractivity contribution in [2.24, 2.45) is 0 Å². The normalized spacial score (nSPS) is 11.6. The summed E-state index contributed by atoms with van der Waals surface area (Å²) < 4.78 is 0. The zero-order chi connectivity index (χ0) is 21.8. The summed E-state index contributed by atoms with van der Waals surface area (Å²) in [5.74, 6) is 0. The summed E-state index contributed by atoms with van der Waals surface area (Å²) in [6, 6.07) is 43.7. The highest BCUT2D eigenvalue weighted by Crippen LogP contribution is 2.40. The third-order valence-electron chi connectivity index (χ3n) is 6.80. The fourth-order valence-corrected chi connectivity index (χ4v) is 5.23. The van der Waals surface area contributed by atoms with Crippen LogP contribution in [0.4, 0.5) is 0 Å². The molecule has 7 rings (SSSR count). The maximum absolute atomic E-state index is 3.74. The molecular formula is C32H21N. The van der Waals surface area contributed by atoms with E-state index in [2.05, 4.69) is 126 Å². The molecule has 0 aliphatic heterocycles. The molecular weight excluding hydrogens is 398 g/mol. The summed E-state index contributed by atoms with van der Waals surface area (Å²) in [5.41, 5.74) is 7.35. The van der Waals surface area contributed by atoms with Gasteiger partial charge in [0.15, 0.2) is 0 Å². The Hall–Kier alpha value is -4.36. The highest BCUT2D eigenvalue weighted by Gasteiger charge is 2.14. The predicted molar refractivity (Wildman–Crippen MR) is 142 cm³/mol. The Kier molecular flexibility index (Phi) is 3.91. The van der Waals surface area contributed by atoms with Crippen LogP contribution < -0.4 is 0 Å². The van der Waals surface area contributed by atoms with Crippen LogP contribution in [0.5, 0.6) is 0 Å². The van der Waals surface area contributed by atoms with Gasteiger partial charge in [0, 0.05) is 21.9 Å². The monoisotopic (exact) mass is 419 g/mol. The summed E-state index contributed by atoms with van der Waals surface area (Å²) in [6.45, 7) is 0. The Morgan fingerprint density at radius 1 is 0.394 bits per heavy atom. The van der Waals surface area contributed by atoms with E-state index in [1.54, 1.807) is 0 Å². The third kappa shape index (κ3) is 2.79. The summed E-state index contributed by atoms with van der Waals surface area (Å²) in [6.07, 6.45) is 0. The summed E-state index contributed by atoms with van der Waals surface area (Å²) in [5, 5.41) is 7.67. The van der Waals surface area contributed by atoms with Gasteiger partial charge in [0.25, 0.3) is 0 Å². The molecule has 1 nitrogen and oxygen atoms in total. The van der Waals surface area contributed by atoms with Gasteiger partial charge in [-0.2, -0.15) is 0 Å². The van der Waals surface area contributed by atoms with Crippen LogP contribution in [-0.2, 0) is 0 Å². The van der Waals surface area contributed by atoms with Gasteiger partial charge in [-0.3, -0.25) is 0 Å². The minimum absolute atomic E-state index is 1.17. The van der Waals surface area contributed by atoms with Crippen molar-refractivity contribution >= 4 is 43.4 Å². The van der Waals surface area contributed by atoms with Crippen molar-refractivity contribution in [2.45, 2.75) is 0 Å². The van der Waals surface area contributed by atoms with Crippen molar-refractivity contribution in [1.82, 2.24) is 4.98 Å². The second-order valence-electron chi connectivity index (χ2n) is 8.67. The number of H-pyrrole nitrogens is 1. The quantitative estimate of drug-likeness (QED) is 0.269. The van der Waals surface area contributed by atoms with Crippen molar-refractivity contribution in [1.29, 1.82) is 0 Å². The molecule has 1 heteroatoms. The number of nitrogens with one attached hydrogen (secondary N) is 1. The molecule has 7 aromatic rings. The van der Waals surface area contributed by atoms with E-state index in [1.165, 1.54) is 65.6 Å². The van der Waals surface area contributed by atoms with Gasteiger partial charge in [-0.15, -0.1) is 0 Å². The first-order chi connectivity index (χ1) is 16.4. The van der Waals surface area contributed by atoms with E-state index in [9.17, 15) is 0 Å². The van der Waals surface area contributed by atoms with E-state index < -0.39 is 0 Å². The average molecular weight is 420 g/mol. The first-order valence-corrected chi connectivity index (χ1v) is 11.4. The van der Waals surface area contributed by atoms with Crippen LogP contribution in [0, 0.1) is 0 Å². The molecule has 0 bridgehead atoms. The first kappa shape index (κ1) is 18.2. The minimum atomic E-state index is 1.17. The van der Waals surface area contributed by atoms with Crippen LogP contribution in [-0.4, -0.2) is 4.98 Å². The second kappa shape index (κ2) is 7.08. The molecule has 0 radical (unpaired) electrons. The average Bonchev–Trinajstić information content (AvgIpc) is 3.27. The Bertz CT molecular complexity index is 1810. The SMILES string of the molecule is c1ccc(-c2ccc3[nH]c4c(-c5cc6ccccc6c6ccccc56)cccc4c3c2)cc1. The lowest BCUT2D eigenvalue weighted by Gasteiger charge is -2.12. The van der Waals surface area contributed by atoms with Gasteiger partial charge in [-0.25, -0.2) is 0 Å². The van der Waals surface area contributed by atoms with Crippen LogP contribution in [0.1, 0.15) is 0 Å². The first-order valence-electron chi connectivity index (χ1n) is 11.4. The number of fused-ring (bicyclic) bond motifs is 6. The predicted octanol–water partition coefficient (Wildman–Crippen LogP) is 8.96. The van der Waals surface area contributed by atoms with Crippen LogP contribution in [0.2, 0.25) is 0 Å². The van der Waals surface area contributed by atoms with Crippen molar-refractivity contribution in [3.8, 4) is 22.3 Å². The van der Waals surface area contributed by atoms with E-state index >= 15 is 0 Å². The van der Waals surface area contributed by atoms with Crippen molar-refractivity contribution in [3.63, 3.8) is 0 Å². The Morgan fingerprint density at radius 2 is 1.12 bits per heavy atom. The van der Waals surface area contributed by atoms with E-state index in [1.807, 2.05) is 0 Å². The lowest BCUT2D eigenvalue weighted by Crippen LogP contribution is -1.86. The molecule has 0 atom stereocenters. The van der Waals surface area contributed by atoms with E-state index in [4.69, 9.17) is 0 Å². The standard InChI is InChI=1S/C32H21N/c1-2-9-21(10-3-1)22-17-18-31-30(19-22)28-16-8-15-27(32(28)33-31)29-20-23-11-4-5-12-24(23)25-13-6-7-14-26(25)29/h1-20,33H. The van der Waals surface area contributed by atoms with E-state index in [-0.39, 0.29) is 0 Å². The van der Waals surface area contributed by atoms with Gasteiger partial charge in [0.1, 0.15) is 0 Å². The molecule has 0 fully saturated rings. The van der Waals surface area contributed by atoms with E-state index in [0.717, 1.165) is 0 Å². The molecule has 1 heterocycles. The van der Waals surface area contributed by atoms with Gasteiger partial charge in [-0.05, 0) is 56.4 Å². The van der Waals surface area contributed by atoms with Gasteiger partial charge >= 0.3 is 0 Å². The zero-order valence-corrected chi connectivity index (χ0v) is 18.0. The number of aromatic amines is 1. The molecule has 33 heavy (non-hydrogen) atoms. The summed E-state index contributed by atoms with van der Waals surface area (Å²) in [4.78, 5) is 3.74. The smallest absolute Gasteiger partial charge is 0.0544 e. The van der Waals surface area contributed by atoms with E-state index in [0.29, 0.717) is 0 Å². The number of rotatable bonds is 2. The number of hydrogen-bond acceptors (Lipinski definition) is 0. The van der Waals surface area contributed by atoms with Gasteiger partial charge < -0.3 is 4.98 Å². The van der Waals surface area contributed by atoms with Crippen molar-refractivity contribution in [3.05, 3.63) is 121 Å². The van der Waals surface area contributed by atoms with Crippen LogP contribution in [0.15, 0.2) is 121 Å². The fraction of sp³-hybridized carbons (Fsp3) is 0. The Balaban J connectivity index is 1.54. The maximum atomic E-state index is 3.74. The van der Waals surface area contributed by atoms with Gasteiger partial charge in [0.05, 0.1) is 5.52 Å². The molecule has 1 N–H and O–H groups in total. The molecule has 0 spiro atoms. The van der Waals surface area contributed by atoms with Crippen molar-refractivity contribution in [2.75, 3.05) is 0 Å². The molecule has 1 aromatic heterocycles. The number of benzene rings is 6. The summed E-state index contributed by atoms with van der Waals surface area (Å²) in [7, 11) is 0. The fourth-order valence-electron chi connectivity index (χ4n) is 5.23. The lowest BCUT2D eigenvalue weighted by molar-refractivity contribution is 1.54. The highest BCUT2D eigenvalue weighted by atomic mass is 14.7. The molecule has 0 saturated carbocycles. The van der Waals surface area contributed by atoms with Crippen LogP contribution in [0.25, 0.3) is 65.6 Å². The molecule has 154 valence electrons. The molecule has 0 amide bonds. The number of aromatic nitrogens is 1. The van der Waals surface area contributed by atoms with Gasteiger partial charge in [0.2, 0.25) is 0 Å². The van der Waals surface area contributed by atoms with Crippen LogP contribution in [0.3, 0.4) is 0 Å². The second-order valence-corrected chi connectivity index (χ2v) is 8.67. The molecule has 0 unspecified atom stereocenters. The Morgan fingerprint density at radius 3 is 2.00 bits per heavy atom. The maximum Gasteiger partial charge on any atom is 0.0544 e. The minimum Gasteiger partial charge on any atom is -0.354 e. The molecule has 6 aromatic carbocycles. The number of para-hydroxylation sites is 1. The number of hydrogen-bond donors (Lipinski definition) is 1. The van der Waals surface area contributed by atoms with Crippen molar-refractivity contribution < 1.29 is 0 Å². The zero-order valence-electron chi connectivity index (χ0n) is 18.0. The molecule has 0 saturated heterocycles. The third-order valence-corrected chi connectivity index (χ3v) is 6.80. The molecule has 0 aliphatic carbocycles. The lowest BCUT2D eigenvalue weighted by atomic mass is 9.92.